The Kier molecular flexibility index (Phi) is 2.06. The Labute approximate surface area is 65.3 Å². The molecule has 0 aliphatic carbocycles. The third-order valence-electron chi connectivity index (χ3n) is 1.35. The fourth-order valence-corrected chi connectivity index (χ4v) is 1.05. The third kappa shape index (κ3) is 1.36. The minimum atomic E-state index is 0.760. The number of nitrogens with zero attached hydrogens (tertiary/aromatic N) is 1. The third-order valence-corrected chi connectivity index (χ3v) is 1.72. The molecule has 10 heavy (non-hydrogen) atoms. The zero-order chi connectivity index (χ0) is 7.56. The van der Waals surface area contributed by atoms with Gasteiger partial charge in [0.05, 0.1) is 0 Å². The summed E-state index contributed by atoms with van der Waals surface area (Å²) in [5.74, 6) is 0. The van der Waals surface area contributed by atoms with Crippen LogP contribution < -0.4 is 5.73 Å². The number of rotatable bonds is 1. The lowest BCUT2D eigenvalue weighted by atomic mass is 10.4. The lowest BCUT2D eigenvalue weighted by molar-refractivity contribution is 0.747. The Balaban J connectivity index is 3.22. The number of aryl methyl sites for hydroxylation is 1. The highest BCUT2D eigenvalue weighted by Gasteiger charge is 1.87. The second-order valence-corrected chi connectivity index (χ2v) is 2.50. The van der Waals surface area contributed by atoms with E-state index >= 15 is 0 Å². The average molecular weight is 154 g/mol. The molecule has 0 atom stereocenters. The number of hydrogen-bond acceptors (Lipinski definition) is 2. The molecule has 3 heteroatoms. The number of anilines is 1. The van der Waals surface area contributed by atoms with E-state index in [0.717, 1.165) is 16.9 Å². The quantitative estimate of drug-likeness (QED) is 0.625. The van der Waals surface area contributed by atoms with Crippen molar-refractivity contribution in [2.24, 2.45) is 0 Å². The van der Waals surface area contributed by atoms with Crippen molar-refractivity contribution >= 4 is 17.9 Å². The van der Waals surface area contributed by atoms with Gasteiger partial charge in [0.1, 0.15) is 4.64 Å². The zero-order valence-corrected chi connectivity index (χ0v) is 6.69. The summed E-state index contributed by atoms with van der Waals surface area (Å²) < 4.78 is 2.77. The van der Waals surface area contributed by atoms with Gasteiger partial charge in [-0.15, -0.1) is 0 Å². The fraction of sp³-hybridized carbons (Fsp3) is 0.286. The summed E-state index contributed by atoms with van der Waals surface area (Å²) in [7, 11) is 0. The maximum absolute atomic E-state index is 5.54. The van der Waals surface area contributed by atoms with Gasteiger partial charge in [-0.05, 0) is 19.1 Å². The van der Waals surface area contributed by atoms with E-state index in [1.807, 2.05) is 29.8 Å². The molecule has 0 amide bonds. The van der Waals surface area contributed by atoms with Crippen LogP contribution in [0.1, 0.15) is 6.92 Å². The first-order valence-electron chi connectivity index (χ1n) is 3.20. The number of pyridine rings is 1. The first-order chi connectivity index (χ1) is 4.74. The highest BCUT2D eigenvalue weighted by atomic mass is 32.1. The van der Waals surface area contributed by atoms with Crippen molar-refractivity contribution in [1.82, 2.24) is 4.57 Å². The first-order valence-corrected chi connectivity index (χ1v) is 3.61. The molecule has 2 nitrogen and oxygen atoms in total. The van der Waals surface area contributed by atoms with E-state index in [2.05, 4.69) is 0 Å². The van der Waals surface area contributed by atoms with Crippen LogP contribution in [0.3, 0.4) is 0 Å². The zero-order valence-electron chi connectivity index (χ0n) is 5.87. The van der Waals surface area contributed by atoms with E-state index in [1.165, 1.54) is 0 Å². The van der Waals surface area contributed by atoms with Crippen molar-refractivity contribution in [2.45, 2.75) is 13.5 Å². The summed E-state index contributed by atoms with van der Waals surface area (Å²) in [5.41, 5.74) is 6.30. The molecule has 2 N–H and O–H groups in total. The highest BCUT2D eigenvalue weighted by Crippen LogP contribution is 2.01. The molecule has 0 saturated heterocycles. The van der Waals surface area contributed by atoms with Gasteiger partial charge in [-0.1, -0.05) is 12.2 Å². The maximum Gasteiger partial charge on any atom is 0.105 e. The summed E-state index contributed by atoms with van der Waals surface area (Å²) >= 11 is 5.02. The van der Waals surface area contributed by atoms with Crippen LogP contribution in [0.25, 0.3) is 0 Å². The minimum absolute atomic E-state index is 0.760. The van der Waals surface area contributed by atoms with Gasteiger partial charge >= 0.3 is 0 Å². The molecule has 54 valence electrons. The maximum atomic E-state index is 5.54. The molecule has 0 aromatic carbocycles. The second-order valence-electron chi connectivity index (χ2n) is 2.09. The van der Waals surface area contributed by atoms with Crippen molar-refractivity contribution in [1.29, 1.82) is 0 Å². The van der Waals surface area contributed by atoms with Crippen LogP contribution in [0.2, 0.25) is 0 Å². The van der Waals surface area contributed by atoms with Crippen molar-refractivity contribution in [2.75, 3.05) is 5.73 Å². The molecule has 0 aliphatic rings. The molecule has 1 rings (SSSR count). The highest BCUT2D eigenvalue weighted by molar-refractivity contribution is 7.71. The smallest absolute Gasteiger partial charge is 0.105 e. The van der Waals surface area contributed by atoms with Gasteiger partial charge in [0.15, 0.2) is 0 Å². The van der Waals surface area contributed by atoms with Crippen molar-refractivity contribution < 1.29 is 0 Å². The van der Waals surface area contributed by atoms with Gasteiger partial charge in [0.2, 0.25) is 0 Å². The number of nitrogen functional groups attached to an aromatic ring is 1. The summed E-state index contributed by atoms with van der Waals surface area (Å²) in [6, 6.07) is 3.66. The Bertz CT molecular complexity index is 277. The molecule has 1 aromatic rings. The summed E-state index contributed by atoms with van der Waals surface area (Å²) in [6.07, 6.45) is 1.85. The van der Waals surface area contributed by atoms with Crippen LogP contribution in [-0.2, 0) is 6.54 Å². The van der Waals surface area contributed by atoms with Gasteiger partial charge < -0.3 is 10.3 Å². The Morgan fingerprint density at radius 3 is 2.80 bits per heavy atom. The minimum Gasteiger partial charge on any atom is -0.398 e. The molecule has 0 fully saturated rings. The molecule has 1 heterocycles. The monoisotopic (exact) mass is 154 g/mol. The molecule has 0 aliphatic heterocycles. The predicted octanol–water partition coefficient (Wildman–Crippen LogP) is 1.82. The molecular formula is C7H10N2S. The molecular weight excluding hydrogens is 144 g/mol. The standard InChI is InChI=1S/C7H10N2S/c1-2-9-5-6(8)3-4-7(9)10/h3-5H,2,8H2,1H3. The van der Waals surface area contributed by atoms with Gasteiger partial charge in [0.25, 0.3) is 0 Å². The van der Waals surface area contributed by atoms with E-state index in [-0.39, 0.29) is 0 Å². The first kappa shape index (κ1) is 7.28. The van der Waals surface area contributed by atoms with Crippen LogP contribution in [0.5, 0.6) is 0 Å². The normalized spacial score (nSPS) is 9.70. The molecule has 1 aromatic heterocycles. The van der Waals surface area contributed by atoms with E-state index in [0.29, 0.717) is 0 Å². The van der Waals surface area contributed by atoms with Crippen LogP contribution in [0, 0.1) is 4.64 Å². The van der Waals surface area contributed by atoms with Crippen molar-refractivity contribution in [3.05, 3.63) is 23.0 Å². The molecule has 0 bridgehead atoms. The van der Waals surface area contributed by atoms with Crippen LogP contribution in [-0.4, -0.2) is 4.57 Å². The number of aromatic nitrogens is 1. The summed E-state index contributed by atoms with van der Waals surface area (Å²) in [6.45, 7) is 2.92. The Hall–Kier alpha value is -0.830. The largest absolute Gasteiger partial charge is 0.398 e. The topological polar surface area (TPSA) is 30.9 Å². The van der Waals surface area contributed by atoms with Crippen LogP contribution in [0.15, 0.2) is 18.3 Å². The van der Waals surface area contributed by atoms with Gasteiger partial charge in [0, 0.05) is 18.4 Å². The Morgan fingerprint density at radius 1 is 1.60 bits per heavy atom. The van der Waals surface area contributed by atoms with E-state index in [1.54, 1.807) is 0 Å². The predicted molar refractivity (Wildman–Crippen MR) is 45.4 cm³/mol. The van der Waals surface area contributed by atoms with Crippen molar-refractivity contribution in [3.8, 4) is 0 Å². The number of hydrogen-bond donors (Lipinski definition) is 1. The molecule has 0 saturated carbocycles. The van der Waals surface area contributed by atoms with Crippen LogP contribution in [0.4, 0.5) is 5.69 Å². The van der Waals surface area contributed by atoms with Gasteiger partial charge in [-0.25, -0.2) is 0 Å². The van der Waals surface area contributed by atoms with Gasteiger partial charge in [-0.3, -0.25) is 0 Å². The molecule has 0 unspecified atom stereocenters. The van der Waals surface area contributed by atoms with E-state index < -0.39 is 0 Å². The fourth-order valence-electron chi connectivity index (χ4n) is 0.797. The lowest BCUT2D eigenvalue weighted by Crippen LogP contribution is -1.98. The number of nitrogens with two attached hydrogens (primary N) is 1. The SMILES string of the molecule is CCn1cc(N)ccc1=S. The summed E-state index contributed by atoms with van der Waals surface area (Å²) in [4.78, 5) is 0. The van der Waals surface area contributed by atoms with E-state index in [4.69, 9.17) is 18.0 Å². The summed E-state index contributed by atoms with van der Waals surface area (Å²) in [5, 5.41) is 0. The molecule has 0 radical (unpaired) electrons. The van der Waals surface area contributed by atoms with Gasteiger partial charge in [-0.2, -0.15) is 0 Å². The second kappa shape index (κ2) is 2.84. The van der Waals surface area contributed by atoms with E-state index in [9.17, 15) is 0 Å². The van der Waals surface area contributed by atoms with Crippen molar-refractivity contribution in [3.63, 3.8) is 0 Å². The average Bonchev–Trinajstić information content (AvgIpc) is 1.94. The lowest BCUT2D eigenvalue weighted by Gasteiger charge is -2.02. The van der Waals surface area contributed by atoms with Crippen LogP contribution >= 0.6 is 12.2 Å². The Morgan fingerprint density at radius 2 is 2.30 bits per heavy atom. The molecule has 0 spiro atoms.